The molecular weight excluding hydrogens is 877 g/mol. The zero-order valence-electron chi connectivity index (χ0n) is 41.0. The predicted molar refractivity (Wildman–Crippen MR) is 233 cm³/mol. The Morgan fingerprint density at radius 1 is 0.657 bits per heavy atom. The highest BCUT2D eigenvalue weighted by Gasteiger charge is 2.83. The van der Waals surface area contributed by atoms with Crippen LogP contribution in [0.1, 0.15) is 99.3 Å². The van der Waals surface area contributed by atoms with E-state index in [1.807, 2.05) is 20.8 Å². The number of ether oxygens (including phenoxy) is 15. The highest BCUT2D eigenvalue weighted by atomic mass is 16.8. The van der Waals surface area contributed by atoms with E-state index in [9.17, 15) is 15.3 Å². The fourth-order valence-corrected chi connectivity index (χ4v) is 15.0. The molecule has 0 aromatic carbocycles. The molecule has 0 spiro atoms. The number of rotatable bonds is 13. The Balaban J connectivity index is 0.727. The Kier molecular flexibility index (Phi) is 13.9. The van der Waals surface area contributed by atoms with E-state index in [1.54, 1.807) is 28.3 Å². The molecule has 10 rings (SSSR count). The number of aliphatic hydroxyl groups excluding tert-OH is 3. The quantitative estimate of drug-likeness (QED) is 0.227. The van der Waals surface area contributed by atoms with Crippen molar-refractivity contribution in [2.45, 2.75) is 228 Å². The summed E-state index contributed by atoms with van der Waals surface area (Å²) in [6.45, 7) is 12.6. The summed E-state index contributed by atoms with van der Waals surface area (Å²) < 4.78 is 94.9. The third kappa shape index (κ3) is 8.06. The maximum atomic E-state index is 11.3. The Bertz CT molecular complexity index is 1770. The molecule has 3 aliphatic carbocycles. The molecule has 18 heteroatoms. The van der Waals surface area contributed by atoms with Gasteiger partial charge in [-0.05, 0) is 79.1 Å². The molecule has 9 fully saturated rings. The maximum Gasteiger partial charge on any atom is 0.187 e. The van der Waals surface area contributed by atoms with Gasteiger partial charge < -0.3 is 86.4 Å². The Hall–Kier alpha value is -0.980. The Labute approximate surface area is 395 Å². The second kappa shape index (κ2) is 18.8. The summed E-state index contributed by atoms with van der Waals surface area (Å²) in [5, 5.41) is 32.6. The van der Waals surface area contributed by atoms with E-state index in [0.717, 1.165) is 38.5 Å². The van der Waals surface area contributed by atoms with Crippen LogP contribution < -0.4 is 0 Å². The molecule has 10 aliphatic rings. The number of allylic oxidation sites excluding steroid dienone is 1. The van der Waals surface area contributed by atoms with Crippen molar-refractivity contribution in [2.75, 3.05) is 41.7 Å². The lowest BCUT2D eigenvalue weighted by molar-refractivity contribution is -0.359. The van der Waals surface area contributed by atoms with Crippen LogP contribution in [0.4, 0.5) is 0 Å². The van der Waals surface area contributed by atoms with E-state index in [0.29, 0.717) is 25.9 Å². The highest BCUT2D eigenvalue weighted by Crippen LogP contribution is 2.76. The smallest absolute Gasteiger partial charge is 0.187 e. The molecule has 7 aliphatic heterocycles. The highest BCUT2D eigenvalue weighted by molar-refractivity contribution is 5.30. The summed E-state index contributed by atoms with van der Waals surface area (Å²) in [4.78, 5) is 0. The topological polar surface area (TPSA) is 199 Å². The first-order valence-electron chi connectivity index (χ1n) is 25.1. The minimum Gasteiger partial charge on any atom is -0.395 e. The molecule has 3 N–H and O–H groups in total. The van der Waals surface area contributed by atoms with Gasteiger partial charge in [-0.1, -0.05) is 18.6 Å². The van der Waals surface area contributed by atoms with Gasteiger partial charge in [-0.3, -0.25) is 0 Å². The summed E-state index contributed by atoms with van der Waals surface area (Å²) in [7, 11) is 6.37. The van der Waals surface area contributed by atoms with Crippen LogP contribution in [0.15, 0.2) is 11.6 Å². The lowest BCUT2D eigenvalue weighted by Crippen LogP contribution is -2.61. The van der Waals surface area contributed by atoms with Crippen molar-refractivity contribution in [1.29, 1.82) is 0 Å². The van der Waals surface area contributed by atoms with Crippen molar-refractivity contribution < 1.29 is 86.4 Å². The second-order valence-electron chi connectivity index (χ2n) is 21.7. The molecule has 7 heterocycles. The molecule has 26 atom stereocenters. The SMILES string of the molecule is CO[C@@H]1C(O)[C@H](O[C@@H]2C(C)O[C@@H](O[C@@H]3C(C)O[C@@H](O[C@@H]4C(C)O[C@@H](O[C@H]5CC[C@@]6(CO)C(=CC[C@@H]7[C@@H]6CC[C@]6(C)[C@@H]8[C@H]9CO[C@]8(C)O[C@@]76O9)C5)C[C@H]4OC)C[C@H]3OC)C[C@H]2OC)OC(C)[C@H]1O. The first kappa shape index (κ1) is 49.6. The van der Waals surface area contributed by atoms with Gasteiger partial charge in [-0.15, -0.1) is 0 Å². The van der Waals surface area contributed by atoms with Crippen molar-refractivity contribution in [1.82, 2.24) is 0 Å². The van der Waals surface area contributed by atoms with Crippen molar-refractivity contribution in [2.24, 2.45) is 28.6 Å². The monoisotopic (exact) mass is 955 g/mol. The molecule has 2 bridgehead atoms. The molecular formula is C49H78O18. The van der Waals surface area contributed by atoms with Gasteiger partial charge in [0.2, 0.25) is 0 Å². The first-order chi connectivity index (χ1) is 32.0. The number of hydrogen-bond donors (Lipinski definition) is 3. The third-order valence-electron chi connectivity index (χ3n) is 18.3. The van der Waals surface area contributed by atoms with Gasteiger partial charge in [-0.2, -0.15) is 0 Å². The standard InChI is InChI=1S/C49H78O18/c1-23-38(51)43(56-10)39(52)45(61-23)65-42-26(4)60-37(20-33(42)55-9)64-41-25(3)59-36(19-32(41)54-8)63-40-24(2)58-35(18-31(40)53-7)62-28-13-16-48(22-50)27(17-28)11-12-30-29(48)14-15-46(5)44-34-21-57-47(44,6)67-49(30,46)66-34/h11,23-26,28-45,50-52H,12-22H2,1-10H3/t23?,24?,25?,26?,28-,29-,30+,31+,32+,33+,34+,35-,36-,37-,38+,39?,40+,41+,42+,43-,44-,45-,46+,47+,48+,49-/m0/s1. The van der Waals surface area contributed by atoms with Gasteiger partial charge in [-0.25, -0.2) is 0 Å². The fraction of sp³-hybridized carbons (Fsp3) is 0.959. The average molecular weight is 955 g/mol. The molecule has 18 nitrogen and oxygen atoms in total. The predicted octanol–water partition coefficient (Wildman–Crippen LogP) is 3.47. The van der Waals surface area contributed by atoms with Gasteiger partial charge in [0.15, 0.2) is 36.7 Å². The molecule has 7 saturated heterocycles. The van der Waals surface area contributed by atoms with Crippen molar-refractivity contribution in [3.63, 3.8) is 0 Å². The molecule has 382 valence electrons. The van der Waals surface area contributed by atoms with Crippen LogP contribution in [0.5, 0.6) is 0 Å². The van der Waals surface area contributed by atoms with Gasteiger partial charge in [0, 0.05) is 64.4 Å². The summed E-state index contributed by atoms with van der Waals surface area (Å²) in [6.07, 6.45) is -1.68. The second-order valence-corrected chi connectivity index (χ2v) is 21.7. The molecule has 0 aromatic heterocycles. The number of hydrogen-bond acceptors (Lipinski definition) is 18. The van der Waals surface area contributed by atoms with E-state index < -0.39 is 97.8 Å². The lowest BCUT2D eigenvalue weighted by Gasteiger charge is -2.59. The summed E-state index contributed by atoms with van der Waals surface area (Å²) in [6, 6.07) is 0. The first-order valence-corrected chi connectivity index (χ1v) is 25.1. The van der Waals surface area contributed by atoms with Gasteiger partial charge in [0.05, 0.1) is 74.1 Å². The number of methoxy groups -OCH3 is 4. The minimum absolute atomic E-state index is 0.0587. The van der Waals surface area contributed by atoms with Crippen LogP contribution in [0.2, 0.25) is 0 Å². The largest absolute Gasteiger partial charge is 0.395 e. The normalized spacial score (nSPS) is 56.0. The van der Waals surface area contributed by atoms with Crippen LogP contribution in [0, 0.1) is 28.6 Å². The summed E-state index contributed by atoms with van der Waals surface area (Å²) in [5.74, 6) is -0.651. The van der Waals surface area contributed by atoms with Crippen molar-refractivity contribution >= 4 is 0 Å². The minimum atomic E-state index is -1.22. The molecule has 0 radical (unpaired) electrons. The summed E-state index contributed by atoms with van der Waals surface area (Å²) in [5.41, 5.74) is 0.860. The van der Waals surface area contributed by atoms with E-state index in [1.165, 1.54) is 12.7 Å². The number of aliphatic hydroxyl groups is 3. The zero-order valence-corrected chi connectivity index (χ0v) is 41.0. The van der Waals surface area contributed by atoms with Crippen LogP contribution in [-0.2, 0) is 71.1 Å². The van der Waals surface area contributed by atoms with Crippen molar-refractivity contribution in [3.8, 4) is 0 Å². The third-order valence-corrected chi connectivity index (χ3v) is 18.3. The van der Waals surface area contributed by atoms with Gasteiger partial charge >= 0.3 is 0 Å². The number of fused-ring (bicyclic) bond motifs is 3. The van der Waals surface area contributed by atoms with Crippen LogP contribution in [-0.4, -0.2) is 185 Å². The van der Waals surface area contributed by atoms with E-state index >= 15 is 0 Å². The molecule has 2 saturated carbocycles. The van der Waals surface area contributed by atoms with Gasteiger partial charge in [0.25, 0.3) is 0 Å². The van der Waals surface area contributed by atoms with E-state index in [2.05, 4.69) is 19.9 Å². The fourth-order valence-electron chi connectivity index (χ4n) is 15.0. The molecule has 0 amide bonds. The van der Waals surface area contributed by atoms with Crippen LogP contribution >= 0.6 is 0 Å². The molecule has 67 heavy (non-hydrogen) atoms. The van der Waals surface area contributed by atoms with E-state index in [4.69, 9.17) is 71.1 Å². The lowest BCUT2D eigenvalue weighted by atomic mass is 9.47. The maximum absolute atomic E-state index is 11.3. The summed E-state index contributed by atoms with van der Waals surface area (Å²) >= 11 is 0. The van der Waals surface area contributed by atoms with Gasteiger partial charge in [0.1, 0.15) is 36.6 Å². The molecule has 0 aromatic rings. The average Bonchev–Trinajstić information content (AvgIpc) is 3.80. The van der Waals surface area contributed by atoms with Crippen molar-refractivity contribution in [3.05, 3.63) is 11.6 Å². The van der Waals surface area contributed by atoms with Crippen LogP contribution in [0.3, 0.4) is 0 Å². The van der Waals surface area contributed by atoms with E-state index in [-0.39, 0.29) is 65.7 Å². The zero-order chi connectivity index (χ0) is 47.4. The van der Waals surface area contributed by atoms with Crippen LogP contribution in [0.25, 0.3) is 0 Å². The Morgan fingerprint density at radius 2 is 1.24 bits per heavy atom. The molecule has 5 unspecified atom stereocenters. The Morgan fingerprint density at radius 3 is 1.79 bits per heavy atom.